The highest BCUT2D eigenvalue weighted by molar-refractivity contribution is 5.95. The molecule has 6 rings (SSSR count). The topological polar surface area (TPSA) is 114 Å². The summed E-state index contributed by atoms with van der Waals surface area (Å²) in [6.45, 7) is 3.40. The van der Waals surface area contributed by atoms with Crippen LogP contribution < -0.4 is 10.1 Å². The van der Waals surface area contributed by atoms with Gasteiger partial charge in [-0.15, -0.1) is 0 Å². The zero-order valence-corrected chi connectivity index (χ0v) is 19.4. The third kappa shape index (κ3) is 4.38. The lowest BCUT2D eigenvalue weighted by atomic mass is 10.0. The Balaban J connectivity index is 1.30. The largest absolute Gasteiger partial charge is 0.473 e. The summed E-state index contributed by atoms with van der Waals surface area (Å²) in [5.41, 5.74) is 5.05. The number of hydrogen-bond acceptors (Lipinski definition) is 7. The first-order valence-corrected chi connectivity index (χ1v) is 12.2. The summed E-state index contributed by atoms with van der Waals surface area (Å²) in [5, 5.41) is 18.8. The molecule has 35 heavy (non-hydrogen) atoms. The fourth-order valence-corrected chi connectivity index (χ4v) is 4.88. The summed E-state index contributed by atoms with van der Waals surface area (Å²) in [5.74, 6) is 0.382. The molecular weight excluding hydrogens is 442 g/mol. The van der Waals surface area contributed by atoms with E-state index in [0.717, 1.165) is 72.1 Å². The van der Waals surface area contributed by atoms with Crippen molar-refractivity contribution < 1.29 is 9.47 Å². The highest BCUT2D eigenvalue weighted by Gasteiger charge is 2.20. The van der Waals surface area contributed by atoms with Crippen LogP contribution in [0, 0.1) is 11.3 Å². The number of nitrogens with one attached hydrogen (secondary N) is 2. The lowest BCUT2D eigenvalue weighted by Gasteiger charge is -2.23. The van der Waals surface area contributed by atoms with E-state index in [4.69, 9.17) is 9.47 Å². The Kier molecular flexibility index (Phi) is 5.90. The Morgan fingerprint density at radius 2 is 1.83 bits per heavy atom. The minimum absolute atomic E-state index is 0.0276. The van der Waals surface area contributed by atoms with Crippen molar-refractivity contribution in [3.63, 3.8) is 0 Å². The van der Waals surface area contributed by atoms with Gasteiger partial charge in [0.2, 0.25) is 5.88 Å². The van der Waals surface area contributed by atoms with Gasteiger partial charge in [-0.05, 0) is 38.1 Å². The van der Waals surface area contributed by atoms with Gasteiger partial charge < -0.3 is 19.8 Å². The molecule has 2 saturated heterocycles. The zero-order valence-electron chi connectivity index (χ0n) is 19.4. The van der Waals surface area contributed by atoms with Gasteiger partial charge in [-0.1, -0.05) is 0 Å². The number of nitrogens with zero attached hydrogens (tertiary/aromatic N) is 5. The normalized spacial score (nSPS) is 17.5. The van der Waals surface area contributed by atoms with Gasteiger partial charge in [0.15, 0.2) is 0 Å². The van der Waals surface area contributed by atoms with E-state index in [-0.39, 0.29) is 6.10 Å². The van der Waals surface area contributed by atoms with Crippen LogP contribution in [-0.2, 0) is 4.74 Å². The zero-order chi connectivity index (χ0) is 23.6. The average molecular weight is 470 g/mol. The number of H-pyrrole nitrogens is 1. The SMILES string of the molecule is N#Cc1cc(-c2c[nH]c3ncc(-c4cnn(C5CCNCC5)c4)cc23)cnc1OC1CCOCC1. The minimum Gasteiger partial charge on any atom is -0.473 e. The van der Waals surface area contributed by atoms with Gasteiger partial charge >= 0.3 is 0 Å². The molecule has 2 aliphatic rings. The maximum atomic E-state index is 9.76. The lowest BCUT2D eigenvalue weighted by Crippen LogP contribution is -2.29. The Hall–Kier alpha value is -3.74. The summed E-state index contributed by atoms with van der Waals surface area (Å²) in [6, 6.07) is 6.64. The number of hydrogen-bond donors (Lipinski definition) is 2. The minimum atomic E-state index is 0.0276. The van der Waals surface area contributed by atoms with Crippen molar-refractivity contribution in [2.45, 2.75) is 37.8 Å². The Bertz CT molecular complexity index is 1370. The van der Waals surface area contributed by atoms with Crippen LogP contribution in [0.4, 0.5) is 0 Å². The first kappa shape index (κ1) is 21.8. The van der Waals surface area contributed by atoms with Crippen molar-refractivity contribution in [3.05, 3.63) is 48.7 Å². The van der Waals surface area contributed by atoms with Crippen LogP contribution in [0.1, 0.15) is 37.3 Å². The second-order valence-electron chi connectivity index (χ2n) is 9.13. The molecule has 0 atom stereocenters. The van der Waals surface area contributed by atoms with Gasteiger partial charge in [-0.25, -0.2) is 9.97 Å². The molecule has 0 saturated carbocycles. The molecule has 2 fully saturated rings. The first-order chi connectivity index (χ1) is 17.3. The van der Waals surface area contributed by atoms with Crippen LogP contribution in [0.15, 0.2) is 43.1 Å². The molecule has 2 N–H and O–H groups in total. The second-order valence-corrected chi connectivity index (χ2v) is 9.13. The first-order valence-electron chi connectivity index (χ1n) is 12.2. The third-order valence-electron chi connectivity index (χ3n) is 6.88. The van der Waals surface area contributed by atoms with Crippen LogP contribution in [0.2, 0.25) is 0 Å². The van der Waals surface area contributed by atoms with Crippen LogP contribution in [-0.4, -0.2) is 57.1 Å². The molecule has 4 aromatic heterocycles. The van der Waals surface area contributed by atoms with Gasteiger partial charge in [0.25, 0.3) is 0 Å². The maximum absolute atomic E-state index is 9.76. The number of ether oxygens (including phenoxy) is 2. The molecule has 9 heteroatoms. The molecule has 178 valence electrons. The van der Waals surface area contributed by atoms with Gasteiger partial charge in [0.1, 0.15) is 23.4 Å². The molecule has 0 radical (unpaired) electrons. The molecule has 9 nitrogen and oxygen atoms in total. The summed E-state index contributed by atoms with van der Waals surface area (Å²) in [6.07, 6.45) is 13.4. The van der Waals surface area contributed by atoms with E-state index >= 15 is 0 Å². The molecule has 4 aromatic rings. The highest BCUT2D eigenvalue weighted by atomic mass is 16.5. The van der Waals surface area contributed by atoms with Crippen LogP contribution in [0.5, 0.6) is 5.88 Å². The monoisotopic (exact) mass is 469 g/mol. The smallest absolute Gasteiger partial charge is 0.231 e. The van der Waals surface area contributed by atoms with E-state index in [0.29, 0.717) is 30.7 Å². The van der Waals surface area contributed by atoms with Crippen molar-refractivity contribution in [3.8, 4) is 34.2 Å². The van der Waals surface area contributed by atoms with Gasteiger partial charge in [0, 0.05) is 65.3 Å². The molecule has 0 spiro atoms. The quantitative estimate of drug-likeness (QED) is 0.456. The Morgan fingerprint density at radius 3 is 2.66 bits per heavy atom. The van der Waals surface area contributed by atoms with E-state index in [1.54, 1.807) is 6.20 Å². The van der Waals surface area contributed by atoms with Crippen LogP contribution in [0.3, 0.4) is 0 Å². The van der Waals surface area contributed by atoms with Crippen molar-refractivity contribution >= 4 is 11.0 Å². The van der Waals surface area contributed by atoms with E-state index in [2.05, 4.69) is 48.4 Å². The number of rotatable bonds is 5. The van der Waals surface area contributed by atoms with Crippen LogP contribution in [0.25, 0.3) is 33.3 Å². The maximum Gasteiger partial charge on any atom is 0.231 e. The highest BCUT2D eigenvalue weighted by Crippen LogP contribution is 2.33. The number of aromatic nitrogens is 5. The third-order valence-corrected chi connectivity index (χ3v) is 6.88. The van der Waals surface area contributed by atoms with E-state index in [1.807, 2.05) is 24.7 Å². The summed E-state index contributed by atoms with van der Waals surface area (Å²) >= 11 is 0. The van der Waals surface area contributed by atoms with Crippen molar-refractivity contribution in [2.24, 2.45) is 0 Å². The summed E-state index contributed by atoms with van der Waals surface area (Å²) in [4.78, 5) is 12.4. The van der Waals surface area contributed by atoms with E-state index in [1.165, 1.54) is 0 Å². The summed E-state index contributed by atoms with van der Waals surface area (Å²) < 4.78 is 13.5. The van der Waals surface area contributed by atoms with Gasteiger partial charge in [-0.2, -0.15) is 10.4 Å². The molecular formula is C26H27N7O2. The number of pyridine rings is 2. The molecule has 0 aromatic carbocycles. The lowest BCUT2D eigenvalue weighted by molar-refractivity contribution is 0.0236. The number of nitriles is 1. The van der Waals surface area contributed by atoms with E-state index < -0.39 is 0 Å². The van der Waals surface area contributed by atoms with Crippen molar-refractivity contribution in [1.29, 1.82) is 5.26 Å². The molecule has 0 aliphatic carbocycles. The van der Waals surface area contributed by atoms with Gasteiger partial charge in [0.05, 0.1) is 25.5 Å². The predicted octanol–water partition coefficient (Wildman–Crippen LogP) is 3.84. The number of aromatic amines is 1. The number of piperidine rings is 1. The number of fused-ring (bicyclic) bond motifs is 1. The standard InChI is InChI=1S/C26H27N7O2/c27-11-17-9-19(13-31-26(17)35-22-3-7-34-8-4-22)24-15-30-25-23(24)10-18(12-29-25)20-14-32-33(16-20)21-1-5-28-6-2-21/h9-10,12-16,21-22,28H,1-8H2,(H,29,30). The molecule has 6 heterocycles. The van der Waals surface area contributed by atoms with Crippen molar-refractivity contribution in [2.75, 3.05) is 26.3 Å². The Labute approximate surface area is 203 Å². The molecule has 0 bridgehead atoms. The fourth-order valence-electron chi connectivity index (χ4n) is 4.88. The fraction of sp³-hybridized carbons (Fsp3) is 0.385. The average Bonchev–Trinajstić information content (AvgIpc) is 3.58. The van der Waals surface area contributed by atoms with E-state index in [9.17, 15) is 5.26 Å². The summed E-state index contributed by atoms with van der Waals surface area (Å²) in [7, 11) is 0. The second kappa shape index (κ2) is 9.49. The molecule has 0 unspecified atom stereocenters. The Morgan fingerprint density at radius 1 is 1.00 bits per heavy atom. The van der Waals surface area contributed by atoms with Crippen LogP contribution >= 0.6 is 0 Å². The van der Waals surface area contributed by atoms with Gasteiger partial charge in [-0.3, -0.25) is 4.68 Å². The molecule has 0 amide bonds. The predicted molar refractivity (Wildman–Crippen MR) is 131 cm³/mol. The van der Waals surface area contributed by atoms with Crippen molar-refractivity contribution in [1.82, 2.24) is 30.0 Å². The molecule has 2 aliphatic heterocycles.